The molecule has 7 heteroatoms. The van der Waals surface area contributed by atoms with Crippen molar-refractivity contribution in [3.8, 4) is 5.75 Å². The lowest BCUT2D eigenvalue weighted by Gasteiger charge is -2.09. The van der Waals surface area contributed by atoms with Gasteiger partial charge < -0.3 is 10.1 Å². The Balaban J connectivity index is 1.81. The molecule has 19 heavy (non-hydrogen) atoms. The Labute approximate surface area is 112 Å². The van der Waals surface area contributed by atoms with Crippen LogP contribution in [0.1, 0.15) is 4.88 Å². The molecule has 0 aliphatic rings. The van der Waals surface area contributed by atoms with Crippen LogP contribution in [0.5, 0.6) is 5.75 Å². The molecule has 0 unspecified atom stereocenters. The van der Waals surface area contributed by atoms with E-state index in [2.05, 4.69) is 15.0 Å². The van der Waals surface area contributed by atoms with Crippen molar-refractivity contribution in [2.24, 2.45) is 0 Å². The summed E-state index contributed by atoms with van der Waals surface area (Å²) < 4.78 is 39.5. The van der Waals surface area contributed by atoms with Gasteiger partial charge in [-0.3, -0.25) is 0 Å². The van der Waals surface area contributed by atoms with Crippen LogP contribution in [0.3, 0.4) is 0 Å². The normalized spacial score (nSPS) is 11.3. The van der Waals surface area contributed by atoms with E-state index in [-0.39, 0.29) is 5.75 Å². The van der Waals surface area contributed by atoms with E-state index in [1.807, 2.05) is 17.5 Å². The first-order valence-electron chi connectivity index (χ1n) is 5.51. The smallest absolute Gasteiger partial charge is 0.404 e. The fourth-order valence-corrected chi connectivity index (χ4v) is 2.16. The van der Waals surface area contributed by atoms with Gasteiger partial charge in [0.2, 0.25) is 0 Å². The number of hydrogen-bond donors (Lipinski definition) is 1. The minimum atomic E-state index is -4.68. The zero-order valence-electron chi connectivity index (χ0n) is 9.78. The van der Waals surface area contributed by atoms with Gasteiger partial charge in [-0.25, -0.2) is 4.98 Å². The molecular formula is C12H11F3N2OS. The van der Waals surface area contributed by atoms with Gasteiger partial charge in [-0.05, 0) is 30.0 Å². The van der Waals surface area contributed by atoms with Gasteiger partial charge in [-0.1, -0.05) is 6.07 Å². The zero-order valence-corrected chi connectivity index (χ0v) is 10.6. The minimum absolute atomic E-state index is 0.323. The molecule has 2 rings (SSSR count). The molecule has 102 valence electrons. The quantitative estimate of drug-likeness (QED) is 0.911. The van der Waals surface area contributed by atoms with Crippen molar-refractivity contribution in [2.75, 3.05) is 11.9 Å². The summed E-state index contributed by atoms with van der Waals surface area (Å²) in [6.07, 6.45) is -2.79. The molecule has 0 aliphatic carbocycles. The number of pyridine rings is 1. The Hall–Kier alpha value is -1.76. The molecule has 0 spiro atoms. The number of hydrogen-bond acceptors (Lipinski definition) is 4. The van der Waals surface area contributed by atoms with Crippen LogP contribution in [0.15, 0.2) is 35.8 Å². The average molecular weight is 288 g/mol. The number of alkyl halides is 3. The highest BCUT2D eigenvalue weighted by molar-refractivity contribution is 7.09. The van der Waals surface area contributed by atoms with Crippen molar-refractivity contribution < 1.29 is 17.9 Å². The van der Waals surface area contributed by atoms with Crippen molar-refractivity contribution in [3.05, 3.63) is 40.7 Å². The summed E-state index contributed by atoms with van der Waals surface area (Å²) >= 11 is 1.66. The third-order valence-electron chi connectivity index (χ3n) is 2.23. The van der Waals surface area contributed by atoms with Crippen molar-refractivity contribution in [1.29, 1.82) is 0 Å². The number of nitrogens with zero attached hydrogens (tertiary/aromatic N) is 1. The number of anilines is 1. The lowest BCUT2D eigenvalue weighted by atomic mass is 10.3. The fraction of sp³-hybridized carbons (Fsp3) is 0.250. The Morgan fingerprint density at radius 1 is 1.26 bits per heavy atom. The molecule has 2 aromatic rings. The third kappa shape index (κ3) is 4.78. The van der Waals surface area contributed by atoms with Crippen LogP contribution in [0.4, 0.5) is 19.0 Å². The maximum Gasteiger partial charge on any atom is 0.573 e. The van der Waals surface area contributed by atoms with Gasteiger partial charge in [0.15, 0.2) is 0 Å². The third-order valence-corrected chi connectivity index (χ3v) is 3.16. The molecule has 2 heterocycles. The molecule has 0 aliphatic heterocycles. The zero-order chi connectivity index (χ0) is 13.7. The second kappa shape index (κ2) is 5.92. The summed E-state index contributed by atoms with van der Waals surface area (Å²) in [6.45, 7) is 0.674. The van der Waals surface area contributed by atoms with E-state index in [9.17, 15) is 13.2 Å². The monoisotopic (exact) mass is 288 g/mol. The maximum absolute atomic E-state index is 11.9. The van der Waals surface area contributed by atoms with Gasteiger partial charge in [-0.15, -0.1) is 24.5 Å². The number of nitrogens with one attached hydrogen (secondary N) is 1. The number of thiophene rings is 1. The van der Waals surface area contributed by atoms with Crippen LogP contribution < -0.4 is 10.1 Å². The number of aromatic nitrogens is 1. The van der Waals surface area contributed by atoms with Gasteiger partial charge in [0.25, 0.3) is 0 Å². The fourth-order valence-electron chi connectivity index (χ4n) is 1.45. The van der Waals surface area contributed by atoms with Crippen LogP contribution in [-0.4, -0.2) is 17.9 Å². The molecule has 0 amide bonds. The number of ether oxygens (including phenoxy) is 1. The van der Waals surface area contributed by atoms with E-state index in [0.717, 1.165) is 12.6 Å². The first-order chi connectivity index (χ1) is 9.03. The molecular weight excluding hydrogens is 277 g/mol. The summed E-state index contributed by atoms with van der Waals surface area (Å²) in [6, 6.07) is 6.69. The largest absolute Gasteiger partial charge is 0.573 e. The highest BCUT2D eigenvalue weighted by Crippen LogP contribution is 2.22. The molecule has 0 atom stereocenters. The second-order valence-electron chi connectivity index (χ2n) is 3.68. The summed E-state index contributed by atoms with van der Waals surface area (Å²) in [5.74, 6) is 0.197. The van der Waals surface area contributed by atoms with Gasteiger partial charge in [0.05, 0.1) is 6.20 Å². The predicted octanol–water partition coefficient (Wildman–Crippen LogP) is 3.70. The summed E-state index contributed by atoms with van der Waals surface area (Å²) in [7, 11) is 0. The van der Waals surface area contributed by atoms with E-state index >= 15 is 0 Å². The highest BCUT2D eigenvalue weighted by Gasteiger charge is 2.31. The van der Waals surface area contributed by atoms with Crippen molar-refractivity contribution in [1.82, 2.24) is 4.98 Å². The minimum Gasteiger partial charge on any atom is -0.404 e. The van der Waals surface area contributed by atoms with Crippen molar-refractivity contribution >= 4 is 17.2 Å². The molecule has 0 aromatic carbocycles. The molecule has 3 nitrogen and oxygen atoms in total. The summed E-state index contributed by atoms with van der Waals surface area (Å²) in [5.41, 5.74) is 0. The van der Waals surface area contributed by atoms with Crippen molar-refractivity contribution in [2.45, 2.75) is 12.8 Å². The number of halogens is 3. The van der Waals surface area contributed by atoms with E-state index in [1.165, 1.54) is 17.0 Å². The molecule has 0 bridgehead atoms. The van der Waals surface area contributed by atoms with Gasteiger partial charge >= 0.3 is 6.36 Å². The first-order valence-corrected chi connectivity index (χ1v) is 6.39. The van der Waals surface area contributed by atoms with Crippen LogP contribution in [0, 0.1) is 0 Å². The first kappa shape index (κ1) is 13.7. The van der Waals surface area contributed by atoms with Crippen LogP contribution in [-0.2, 0) is 6.42 Å². The summed E-state index contributed by atoms with van der Waals surface area (Å²) in [5, 5.41) is 5.03. The van der Waals surface area contributed by atoms with Gasteiger partial charge in [0.1, 0.15) is 11.6 Å². The van der Waals surface area contributed by atoms with Crippen LogP contribution in [0.2, 0.25) is 0 Å². The molecule has 0 radical (unpaired) electrons. The van der Waals surface area contributed by atoms with Crippen molar-refractivity contribution in [3.63, 3.8) is 0 Å². The molecule has 2 aromatic heterocycles. The van der Waals surface area contributed by atoms with Crippen LogP contribution >= 0.6 is 11.3 Å². The van der Waals surface area contributed by atoms with E-state index in [1.54, 1.807) is 11.3 Å². The standard InChI is InChI=1S/C12H11F3N2OS/c13-12(14,15)18-9-3-4-11(17-8-9)16-6-5-10-2-1-7-19-10/h1-4,7-8H,5-6H2,(H,16,17). The molecule has 1 N–H and O–H groups in total. The lowest BCUT2D eigenvalue weighted by Crippen LogP contribution is -2.17. The van der Waals surface area contributed by atoms with E-state index < -0.39 is 6.36 Å². The SMILES string of the molecule is FC(F)(F)Oc1ccc(NCCc2cccs2)nc1. The highest BCUT2D eigenvalue weighted by atomic mass is 32.1. The second-order valence-corrected chi connectivity index (χ2v) is 4.72. The average Bonchev–Trinajstić information content (AvgIpc) is 2.82. The van der Waals surface area contributed by atoms with Crippen LogP contribution in [0.25, 0.3) is 0 Å². The molecule has 0 saturated heterocycles. The van der Waals surface area contributed by atoms with E-state index in [4.69, 9.17) is 0 Å². The maximum atomic E-state index is 11.9. The van der Waals surface area contributed by atoms with Gasteiger partial charge in [0, 0.05) is 11.4 Å². The Morgan fingerprint density at radius 2 is 2.11 bits per heavy atom. The Kier molecular flexibility index (Phi) is 4.26. The molecule has 0 saturated carbocycles. The van der Waals surface area contributed by atoms with Gasteiger partial charge in [-0.2, -0.15) is 0 Å². The molecule has 0 fully saturated rings. The number of rotatable bonds is 5. The van der Waals surface area contributed by atoms with E-state index in [0.29, 0.717) is 12.4 Å². The summed E-state index contributed by atoms with van der Waals surface area (Å²) in [4.78, 5) is 5.09. The lowest BCUT2D eigenvalue weighted by molar-refractivity contribution is -0.274. The Morgan fingerprint density at radius 3 is 2.68 bits per heavy atom. The topological polar surface area (TPSA) is 34.1 Å². The predicted molar refractivity (Wildman–Crippen MR) is 67.4 cm³/mol. The Bertz CT molecular complexity index is 497.